The molecule has 1 rings (SSSR count). The molecule has 0 aromatic heterocycles. The molecular formula is C54H94LiNO12-2. The minimum absolute atomic E-state index is 0. The van der Waals surface area contributed by atoms with Gasteiger partial charge in [-0.2, -0.15) is 0 Å². The molecule has 68 heavy (non-hydrogen) atoms. The van der Waals surface area contributed by atoms with Gasteiger partial charge in [-0.25, -0.2) is 0 Å². The molecule has 0 aromatic carbocycles. The molecule has 0 fully saturated rings. The van der Waals surface area contributed by atoms with E-state index in [1.807, 2.05) is 13.0 Å². The molecule has 1 aliphatic carbocycles. The number of ether oxygens (including phenoxy) is 6. The van der Waals surface area contributed by atoms with Gasteiger partial charge in [0.2, 0.25) is 0 Å². The third kappa shape index (κ3) is 50.3. The molecule has 0 saturated carbocycles. The number of carbonyl (C=O) groups excluding carboxylic acids is 6. The molecule has 0 unspecified atom stereocenters. The molecule has 0 amide bonds. The summed E-state index contributed by atoms with van der Waals surface area (Å²) in [6.45, 7) is 21.2. The van der Waals surface area contributed by atoms with Gasteiger partial charge in [-0.05, 0) is 63.2 Å². The van der Waals surface area contributed by atoms with E-state index < -0.39 is 48.0 Å². The second-order valence-electron chi connectivity index (χ2n) is 17.2. The van der Waals surface area contributed by atoms with Gasteiger partial charge < -0.3 is 28.4 Å². The largest absolute Gasteiger partial charge is 1.00 e. The minimum atomic E-state index is -0.641. The van der Waals surface area contributed by atoms with Crippen molar-refractivity contribution in [3.8, 4) is 0 Å². The number of unbranched alkanes of at least 4 members (excludes halogenated alkanes) is 20. The zero-order valence-corrected chi connectivity index (χ0v) is 43.9. The Morgan fingerprint density at radius 2 is 0.824 bits per heavy atom. The minimum Gasteiger partial charge on any atom is -0.488 e. The Balaban J connectivity index is -0.00000137. The van der Waals surface area contributed by atoms with Crippen LogP contribution in [0.5, 0.6) is 0 Å². The Morgan fingerprint density at radius 3 is 1.18 bits per heavy atom. The van der Waals surface area contributed by atoms with Gasteiger partial charge in [-0.1, -0.05) is 169 Å². The van der Waals surface area contributed by atoms with Crippen molar-refractivity contribution in [2.24, 2.45) is 0 Å². The normalized spacial score (nSPS) is 14.4. The second-order valence-corrected chi connectivity index (χ2v) is 17.2. The van der Waals surface area contributed by atoms with E-state index >= 15 is 0 Å². The van der Waals surface area contributed by atoms with Gasteiger partial charge >= 0.3 is 36.8 Å². The third-order valence-corrected chi connectivity index (χ3v) is 10.8. The van der Waals surface area contributed by atoms with Crippen LogP contribution in [0.25, 0.3) is 0 Å². The van der Waals surface area contributed by atoms with Gasteiger partial charge in [0.1, 0.15) is 12.2 Å². The van der Waals surface area contributed by atoms with Crippen LogP contribution in [-0.4, -0.2) is 99.0 Å². The molecule has 390 valence electrons. The Bertz CT molecular complexity index is 1260. The number of hydrogen-bond donors (Lipinski definition) is 0. The molecule has 0 bridgehead atoms. The van der Waals surface area contributed by atoms with Crippen molar-refractivity contribution in [2.75, 3.05) is 46.1 Å². The van der Waals surface area contributed by atoms with E-state index in [1.165, 1.54) is 94.8 Å². The number of nitrogens with zero attached hydrogens (tertiary/aromatic N) is 1. The second kappa shape index (κ2) is 51.3. The average molecular weight is 956 g/mol. The Kier molecular flexibility index (Phi) is 51.9. The molecule has 2 atom stereocenters. The van der Waals surface area contributed by atoms with E-state index in [2.05, 4.69) is 48.5 Å². The summed E-state index contributed by atoms with van der Waals surface area (Å²) in [5.41, 5.74) is 1.08. The van der Waals surface area contributed by atoms with Gasteiger partial charge in [0, 0.05) is 0 Å². The molecule has 0 spiro atoms. The van der Waals surface area contributed by atoms with Crippen LogP contribution in [0, 0.1) is 20.8 Å². The van der Waals surface area contributed by atoms with E-state index in [4.69, 9.17) is 28.4 Å². The number of carbonyl (C=O) groups is 6. The molecule has 0 aliphatic heterocycles. The molecule has 14 heteroatoms. The van der Waals surface area contributed by atoms with Crippen LogP contribution >= 0.6 is 0 Å². The zero-order chi connectivity index (χ0) is 50.2. The first kappa shape index (κ1) is 68.7. The van der Waals surface area contributed by atoms with Crippen molar-refractivity contribution in [2.45, 2.75) is 220 Å². The predicted octanol–water partition coefficient (Wildman–Crippen LogP) is 8.89. The van der Waals surface area contributed by atoms with Crippen molar-refractivity contribution < 1.29 is 76.0 Å². The monoisotopic (exact) mass is 956 g/mol. The maximum Gasteiger partial charge on any atom is 1.00 e. The molecule has 1 aliphatic rings. The summed E-state index contributed by atoms with van der Waals surface area (Å²) in [5.74, 6) is -3.03. The topological polar surface area (TPSA) is 161 Å². The number of esters is 6. The first-order valence-electron chi connectivity index (χ1n) is 25.9. The van der Waals surface area contributed by atoms with E-state index in [9.17, 15) is 28.8 Å². The molecule has 13 nitrogen and oxygen atoms in total. The Hall–Kier alpha value is -3.53. The molecule has 0 saturated heterocycles. The van der Waals surface area contributed by atoms with Crippen molar-refractivity contribution in [3.63, 3.8) is 0 Å². The summed E-state index contributed by atoms with van der Waals surface area (Å²) in [7, 11) is 0. The Morgan fingerprint density at radius 1 is 0.471 bits per heavy atom. The summed E-state index contributed by atoms with van der Waals surface area (Å²) in [5, 5.41) is 0. The van der Waals surface area contributed by atoms with Crippen LogP contribution in [0.4, 0.5) is 0 Å². The van der Waals surface area contributed by atoms with Gasteiger partial charge in [-0.15, -0.1) is 0 Å². The van der Waals surface area contributed by atoms with E-state index in [0.29, 0.717) is 39.3 Å². The summed E-state index contributed by atoms with van der Waals surface area (Å²) < 4.78 is 31.1. The van der Waals surface area contributed by atoms with Gasteiger partial charge in [0.25, 0.3) is 0 Å². The van der Waals surface area contributed by atoms with E-state index in [0.717, 1.165) is 76.2 Å². The maximum absolute atomic E-state index is 13.0. The fourth-order valence-corrected chi connectivity index (χ4v) is 6.93. The maximum atomic E-state index is 13.0. The van der Waals surface area contributed by atoms with Gasteiger partial charge in [0.05, 0.1) is 46.1 Å². The summed E-state index contributed by atoms with van der Waals surface area (Å²) >= 11 is 0. The quantitative estimate of drug-likeness (QED) is 0.0145. The van der Waals surface area contributed by atoms with Gasteiger partial charge in [0.15, 0.2) is 17.9 Å². The molecule has 0 heterocycles. The molecular weight excluding hydrogens is 862 g/mol. The van der Waals surface area contributed by atoms with Crippen molar-refractivity contribution in [1.29, 1.82) is 0 Å². The molecule has 0 N–H and O–H groups in total. The zero-order valence-electron chi connectivity index (χ0n) is 43.9. The SMILES string of the molecule is [CH2-]C(=O)OCCCCCCCC.[CH2-]C(=O)OCCCCCCCC.[CH2-]C(=O)O[C@@H]1C=C(CC)CC[C@@H](OC(=O)CN(CC(=O)OCCCCCCCC)CC(=O)OCCCCCCCC)/C=C\1.[Li+]. The summed E-state index contributed by atoms with van der Waals surface area (Å²) in [6.07, 6.45) is 33.6. The van der Waals surface area contributed by atoms with Crippen molar-refractivity contribution in [3.05, 3.63) is 44.6 Å². The van der Waals surface area contributed by atoms with Gasteiger partial charge in [-0.3, -0.25) is 54.4 Å². The van der Waals surface area contributed by atoms with Crippen LogP contribution in [0.2, 0.25) is 0 Å². The molecule has 0 radical (unpaired) electrons. The van der Waals surface area contributed by atoms with Crippen LogP contribution in [0.1, 0.15) is 208 Å². The summed E-state index contributed by atoms with van der Waals surface area (Å²) in [4.78, 5) is 71.4. The third-order valence-electron chi connectivity index (χ3n) is 10.8. The summed E-state index contributed by atoms with van der Waals surface area (Å²) in [6, 6.07) is 0. The number of allylic oxidation sites excluding steroid dienone is 1. The first-order chi connectivity index (χ1) is 32.3. The first-order valence-corrected chi connectivity index (χ1v) is 25.9. The fourth-order valence-electron chi connectivity index (χ4n) is 6.93. The number of hydrogen-bond acceptors (Lipinski definition) is 13. The van der Waals surface area contributed by atoms with Crippen LogP contribution in [0.3, 0.4) is 0 Å². The Labute approximate surface area is 425 Å². The van der Waals surface area contributed by atoms with Crippen molar-refractivity contribution in [1.82, 2.24) is 4.90 Å². The number of rotatable bonds is 37. The van der Waals surface area contributed by atoms with E-state index in [-0.39, 0.29) is 38.5 Å². The van der Waals surface area contributed by atoms with Crippen LogP contribution in [-0.2, 0) is 57.2 Å². The standard InChI is InChI=1S/C34H56NO8.2C10H19O2.Li/c1-5-8-10-12-14-16-22-40-32(37)25-35(26-33(38)41-23-17-15-13-11-9-6-2)27-34(39)43-30-19-18-29(7-3)24-31(21-20-30)42-28(4)36;2*1-3-4-5-6-7-8-9-12-10(2)11;/h20-21,24,30-31H,4-19,22-23,25-27H2,1-3H3;2*2-9H2,1H3;/q3*-1;+1/b21-20-,29-24?;;;/t30-,31+;;;/m1.../s1. The van der Waals surface area contributed by atoms with Crippen molar-refractivity contribution >= 4 is 35.8 Å². The van der Waals surface area contributed by atoms with Crippen LogP contribution in [0.15, 0.2) is 23.8 Å². The van der Waals surface area contributed by atoms with Crippen LogP contribution < -0.4 is 18.9 Å². The van der Waals surface area contributed by atoms with E-state index in [1.54, 1.807) is 12.2 Å². The predicted molar refractivity (Wildman–Crippen MR) is 266 cm³/mol. The smallest absolute Gasteiger partial charge is 0.488 e. The molecule has 0 aromatic rings. The average Bonchev–Trinajstić information content (AvgIpc) is 3.27. The fraction of sp³-hybridized carbons (Fsp3) is 0.759.